The van der Waals surface area contributed by atoms with Crippen LogP contribution in [0.5, 0.6) is 0 Å². The molecule has 0 radical (unpaired) electrons. The van der Waals surface area contributed by atoms with Gasteiger partial charge in [-0.15, -0.1) is 0 Å². The minimum Gasteiger partial charge on any atom is -0.340 e. The highest BCUT2D eigenvalue weighted by Gasteiger charge is 2.15. The van der Waals surface area contributed by atoms with Gasteiger partial charge < -0.3 is 9.88 Å². The molecule has 1 aromatic heterocycles. The van der Waals surface area contributed by atoms with E-state index in [4.69, 9.17) is 11.6 Å². The number of para-hydroxylation sites is 1. The highest BCUT2D eigenvalue weighted by Crippen LogP contribution is 2.28. The second kappa shape index (κ2) is 9.51. The third-order valence-corrected chi connectivity index (χ3v) is 6.35. The lowest BCUT2D eigenvalue weighted by molar-refractivity contribution is 0.513. The SMILES string of the molecule is Cc1c(CNC(C)CCc2ccccc2)c2ccccc2n1Cc1ccccc1Cl. The second-order valence-electron chi connectivity index (χ2n) is 8.06. The summed E-state index contributed by atoms with van der Waals surface area (Å²) in [5.74, 6) is 0. The summed E-state index contributed by atoms with van der Waals surface area (Å²) in [4.78, 5) is 0. The highest BCUT2D eigenvalue weighted by atomic mass is 35.5. The fourth-order valence-electron chi connectivity index (χ4n) is 4.13. The third-order valence-electron chi connectivity index (χ3n) is 5.98. The van der Waals surface area contributed by atoms with E-state index in [0.717, 1.165) is 36.5 Å². The molecule has 0 aliphatic carbocycles. The maximum atomic E-state index is 6.45. The summed E-state index contributed by atoms with van der Waals surface area (Å²) in [5.41, 5.74) is 6.50. The molecule has 154 valence electrons. The second-order valence-corrected chi connectivity index (χ2v) is 8.47. The Hall–Kier alpha value is -2.55. The summed E-state index contributed by atoms with van der Waals surface area (Å²) >= 11 is 6.45. The lowest BCUT2D eigenvalue weighted by atomic mass is 10.1. The average molecular weight is 417 g/mol. The minimum atomic E-state index is 0.454. The summed E-state index contributed by atoms with van der Waals surface area (Å²) in [6.45, 7) is 6.16. The fraction of sp³-hybridized carbons (Fsp3) is 0.259. The number of aryl methyl sites for hydroxylation is 1. The van der Waals surface area contributed by atoms with Gasteiger partial charge in [-0.25, -0.2) is 0 Å². The molecule has 1 N–H and O–H groups in total. The molecular weight excluding hydrogens is 388 g/mol. The van der Waals surface area contributed by atoms with E-state index < -0.39 is 0 Å². The molecule has 4 rings (SSSR count). The Morgan fingerprint density at radius 3 is 2.40 bits per heavy atom. The number of halogens is 1. The van der Waals surface area contributed by atoms with E-state index in [1.54, 1.807) is 0 Å². The first kappa shape index (κ1) is 20.7. The molecule has 3 heteroatoms. The molecule has 0 bridgehead atoms. The van der Waals surface area contributed by atoms with E-state index in [1.807, 2.05) is 12.1 Å². The van der Waals surface area contributed by atoms with Crippen molar-refractivity contribution in [2.75, 3.05) is 0 Å². The van der Waals surface area contributed by atoms with Gasteiger partial charge in [-0.05, 0) is 55.5 Å². The van der Waals surface area contributed by atoms with E-state index >= 15 is 0 Å². The van der Waals surface area contributed by atoms with Crippen LogP contribution in [0, 0.1) is 6.92 Å². The number of fused-ring (bicyclic) bond motifs is 1. The number of hydrogen-bond donors (Lipinski definition) is 1. The number of rotatable bonds is 8. The molecule has 1 unspecified atom stereocenters. The molecule has 1 heterocycles. The molecule has 30 heavy (non-hydrogen) atoms. The van der Waals surface area contributed by atoms with Gasteiger partial charge in [-0.1, -0.05) is 78.3 Å². The van der Waals surface area contributed by atoms with Crippen LogP contribution >= 0.6 is 11.6 Å². The van der Waals surface area contributed by atoms with Gasteiger partial charge in [0.1, 0.15) is 0 Å². The van der Waals surface area contributed by atoms with Crippen LogP contribution in [0.2, 0.25) is 5.02 Å². The fourth-order valence-corrected chi connectivity index (χ4v) is 4.33. The molecule has 0 aliphatic rings. The summed E-state index contributed by atoms with van der Waals surface area (Å²) in [6, 6.07) is 28.0. The predicted octanol–water partition coefficient (Wildman–Crippen LogP) is 6.76. The largest absolute Gasteiger partial charge is 0.340 e. The molecule has 0 aliphatic heterocycles. The first-order valence-corrected chi connectivity index (χ1v) is 11.1. The zero-order chi connectivity index (χ0) is 20.9. The van der Waals surface area contributed by atoms with Crippen LogP contribution in [0.15, 0.2) is 78.9 Å². The summed E-state index contributed by atoms with van der Waals surface area (Å²) in [5, 5.41) is 5.90. The zero-order valence-corrected chi connectivity index (χ0v) is 18.5. The molecule has 3 aromatic carbocycles. The van der Waals surface area contributed by atoms with Crippen molar-refractivity contribution in [3.05, 3.63) is 106 Å². The summed E-state index contributed by atoms with van der Waals surface area (Å²) in [7, 11) is 0. The lowest BCUT2D eigenvalue weighted by Gasteiger charge is -2.15. The minimum absolute atomic E-state index is 0.454. The van der Waals surface area contributed by atoms with Crippen LogP contribution < -0.4 is 5.32 Å². The maximum Gasteiger partial charge on any atom is 0.0493 e. The van der Waals surface area contributed by atoms with Crippen molar-refractivity contribution < 1.29 is 0 Å². The summed E-state index contributed by atoms with van der Waals surface area (Å²) < 4.78 is 2.39. The molecule has 1 atom stereocenters. The van der Waals surface area contributed by atoms with E-state index in [9.17, 15) is 0 Å². The Morgan fingerprint density at radius 2 is 1.60 bits per heavy atom. The predicted molar refractivity (Wildman–Crippen MR) is 128 cm³/mol. The van der Waals surface area contributed by atoms with Gasteiger partial charge in [0, 0.05) is 40.8 Å². The average Bonchev–Trinajstić information content (AvgIpc) is 3.04. The molecule has 0 amide bonds. The third kappa shape index (κ3) is 4.61. The van der Waals surface area contributed by atoms with E-state index in [0.29, 0.717) is 6.04 Å². The van der Waals surface area contributed by atoms with Gasteiger partial charge in [0.2, 0.25) is 0 Å². The number of benzene rings is 3. The topological polar surface area (TPSA) is 17.0 Å². The van der Waals surface area contributed by atoms with E-state index in [1.165, 1.54) is 27.7 Å². The van der Waals surface area contributed by atoms with Gasteiger partial charge in [0.15, 0.2) is 0 Å². The number of hydrogen-bond acceptors (Lipinski definition) is 1. The highest BCUT2D eigenvalue weighted by molar-refractivity contribution is 6.31. The van der Waals surface area contributed by atoms with Crippen LogP contribution in [-0.4, -0.2) is 10.6 Å². The molecule has 0 fully saturated rings. The van der Waals surface area contributed by atoms with Gasteiger partial charge >= 0.3 is 0 Å². The van der Waals surface area contributed by atoms with Crippen LogP contribution in [0.1, 0.15) is 35.7 Å². The Balaban J connectivity index is 1.51. The zero-order valence-electron chi connectivity index (χ0n) is 17.7. The van der Waals surface area contributed by atoms with Crippen molar-refractivity contribution in [1.29, 1.82) is 0 Å². The quantitative estimate of drug-likeness (QED) is 0.335. The van der Waals surface area contributed by atoms with Gasteiger partial charge in [-0.2, -0.15) is 0 Å². The smallest absolute Gasteiger partial charge is 0.0493 e. The number of aromatic nitrogens is 1. The van der Waals surface area contributed by atoms with Crippen molar-refractivity contribution in [2.45, 2.75) is 45.8 Å². The Labute approximate surface area is 184 Å². The van der Waals surface area contributed by atoms with Crippen molar-refractivity contribution in [2.24, 2.45) is 0 Å². The molecule has 0 saturated carbocycles. The molecule has 0 saturated heterocycles. The normalized spacial score (nSPS) is 12.4. The number of nitrogens with one attached hydrogen (secondary N) is 1. The monoisotopic (exact) mass is 416 g/mol. The molecule has 4 aromatic rings. The van der Waals surface area contributed by atoms with E-state index in [2.05, 4.69) is 90.5 Å². The Bertz CT molecular complexity index is 1110. The van der Waals surface area contributed by atoms with Crippen LogP contribution in [0.3, 0.4) is 0 Å². The van der Waals surface area contributed by atoms with Gasteiger partial charge in [0.25, 0.3) is 0 Å². The summed E-state index contributed by atoms with van der Waals surface area (Å²) in [6.07, 6.45) is 2.23. The van der Waals surface area contributed by atoms with Crippen molar-refractivity contribution in [3.63, 3.8) is 0 Å². The first-order chi connectivity index (χ1) is 14.6. The standard InChI is InChI=1S/C27H29ClN2/c1-20(16-17-22-10-4-3-5-11-22)29-18-25-21(2)30(27-15-9-7-13-24(25)27)19-23-12-6-8-14-26(23)28/h3-15,20,29H,16-19H2,1-2H3. The Kier molecular flexibility index (Phi) is 6.56. The van der Waals surface area contributed by atoms with Gasteiger partial charge in [0.05, 0.1) is 0 Å². The van der Waals surface area contributed by atoms with Crippen molar-refractivity contribution >= 4 is 22.5 Å². The Morgan fingerprint density at radius 1 is 0.900 bits per heavy atom. The van der Waals surface area contributed by atoms with Crippen molar-refractivity contribution in [1.82, 2.24) is 9.88 Å². The van der Waals surface area contributed by atoms with Crippen LogP contribution in [-0.2, 0) is 19.5 Å². The van der Waals surface area contributed by atoms with E-state index in [-0.39, 0.29) is 0 Å². The van der Waals surface area contributed by atoms with Crippen LogP contribution in [0.25, 0.3) is 10.9 Å². The molecular formula is C27H29ClN2. The van der Waals surface area contributed by atoms with Gasteiger partial charge in [-0.3, -0.25) is 0 Å². The number of nitrogens with zero attached hydrogens (tertiary/aromatic N) is 1. The maximum absolute atomic E-state index is 6.45. The van der Waals surface area contributed by atoms with Crippen LogP contribution in [0.4, 0.5) is 0 Å². The van der Waals surface area contributed by atoms with Crippen molar-refractivity contribution in [3.8, 4) is 0 Å². The lowest BCUT2D eigenvalue weighted by Crippen LogP contribution is -2.26. The molecule has 0 spiro atoms. The molecule has 2 nitrogen and oxygen atoms in total. The first-order valence-electron chi connectivity index (χ1n) is 10.7.